The summed E-state index contributed by atoms with van der Waals surface area (Å²) in [7, 11) is 0. The van der Waals surface area contributed by atoms with Gasteiger partial charge in [0.2, 0.25) is 0 Å². The Morgan fingerprint density at radius 1 is 0.923 bits per heavy atom. The molecule has 6 aromatic rings. The smallest absolute Gasteiger partial charge is 0.131 e. The molecule has 0 aliphatic carbocycles. The zero-order valence-corrected chi connectivity index (χ0v) is 21.5. The van der Waals surface area contributed by atoms with Gasteiger partial charge in [0.25, 0.3) is 0 Å². The van der Waals surface area contributed by atoms with Gasteiger partial charge in [-0.3, -0.25) is 19.1 Å². The molecule has 1 unspecified atom stereocenters. The lowest BCUT2D eigenvalue weighted by Crippen LogP contribution is -2.15. The fourth-order valence-electron chi connectivity index (χ4n) is 6.21. The summed E-state index contributed by atoms with van der Waals surface area (Å²) in [6.45, 7) is 4.91. The Morgan fingerprint density at radius 2 is 1.62 bits per heavy atom. The second kappa shape index (κ2) is 9.43. The maximum absolute atomic E-state index is 6.19. The standard InChI is InChI=1S/C34H27N5/c1-3-5-9-26-23(4-2)22-30-33(31(26)28-11-8-17-37-28)32-27-10-6-7-12-29(27)38(24-13-18-35-19-14-24)34(32)39(30)25-15-20-36-21-16-25/h2-3,5-7,9-10,12-16,18-22,28,37H,1,8,11,17H2/b9-5+. The number of hydrogen-bond acceptors (Lipinski definition) is 3. The normalized spacial score (nSPS) is 15.5. The average molecular weight is 506 g/mol. The van der Waals surface area contributed by atoms with E-state index in [0.29, 0.717) is 0 Å². The zero-order chi connectivity index (χ0) is 26.3. The summed E-state index contributed by atoms with van der Waals surface area (Å²) in [5.74, 6) is 3.01. The SMILES string of the molecule is C#Cc1cc2c(c(C3CCCN3)c1/C=C/C=C)c1c3ccccc3n(-c3ccncc3)c1n2-c1ccncc1. The number of pyridine rings is 2. The number of benzene rings is 2. The van der Waals surface area contributed by atoms with Crippen LogP contribution in [0.4, 0.5) is 0 Å². The van der Waals surface area contributed by atoms with Gasteiger partial charge in [-0.2, -0.15) is 0 Å². The highest BCUT2D eigenvalue weighted by atomic mass is 15.1. The minimum atomic E-state index is 0.199. The van der Waals surface area contributed by atoms with Gasteiger partial charge in [-0.1, -0.05) is 48.9 Å². The van der Waals surface area contributed by atoms with E-state index in [1.807, 2.05) is 36.9 Å². The summed E-state index contributed by atoms with van der Waals surface area (Å²) in [5.41, 5.74) is 8.63. The second-order valence-corrected chi connectivity index (χ2v) is 9.83. The van der Waals surface area contributed by atoms with Crippen LogP contribution in [0.5, 0.6) is 0 Å². The Hall–Kier alpha value is -4.92. The molecule has 0 bridgehead atoms. The average Bonchev–Trinajstić information content (AvgIpc) is 3.71. The van der Waals surface area contributed by atoms with Crippen LogP contribution in [0, 0.1) is 12.3 Å². The molecule has 1 aliphatic heterocycles. The van der Waals surface area contributed by atoms with Gasteiger partial charge in [-0.15, -0.1) is 6.42 Å². The predicted molar refractivity (Wildman–Crippen MR) is 160 cm³/mol. The summed E-state index contributed by atoms with van der Waals surface area (Å²) < 4.78 is 4.68. The van der Waals surface area contributed by atoms with E-state index < -0.39 is 0 Å². The quantitative estimate of drug-likeness (QED) is 0.200. The molecule has 1 fully saturated rings. The Labute approximate surface area is 227 Å². The van der Waals surface area contributed by atoms with Crippen molar-refractivity contribution in [3.05, 3.63) is 115 Å². The van der Waals surface area contributed by atoms with Crippen molar-refractivity contribution in [2.75, 3.05) is 6.54 Å². The molecule has 7 rings (SSSR count). The van der Waals surface area contributed by atoms with E-state index in [2.05, 4.69) is 97.6 Å². The highest BCUT2D eigenvalue weighted by Crippen LogP contribution is 2.46. The molecule has 0 amide bonds. The first kappa shape index (κ1) is 23.2. The maximum atomic E-state index is 6.19. The zero-order valence-electron chi connectivity index (χ0n) is 21.5. The number of terminal acetylenes is 1. The molecule has 0 saturated carbocycles. The molecule has 1 atom stereocenters. The van der Waals surface area contributed by atoms with Crippen molar-refractivity contribution in [3.63, 3.8) is 0 Å². The Kier molecular flexibility index (Phi) is 5.61. The number of fused-ring (bicyclic) bond motifs is 5. The number of hydrogen-bond donors (Lipinski definition) is 1. The molecule has 188 valence electrons. The van der Waals surface area contributed by atoms with E-state index >= 15 is 0 Å². The molecule has 1 aliphatic rings. The van der Waals surface area contributed by atoms with E-state index in [0.717, 1.165) is 58.6 Å². The number of para-hydroxylation sites is 1. The third-order valence-corrected chi connectivity index (χ3v) is 7.74. The highest BCUT2D eigenvalue weighted by molar-refractivity contribution is 6.24. The molecule has 0 spiro atoms. The number of nitrogens with one attached hydrogen (secondary N) is 1. The summed E-state index contributed by atoms with van der Waals surface area (Å²) in [6.07, 6.45) is 21.7. The largest absolute Gasteiger partial charge is 0.310 e. The van der Waals surface area contributed by atoms with Crippen molar-refractivity contribution in [2.45, 2.75) is 18.9 Å². The Bertz CT molecular complexity index is 1930. The minimum absolute atomic E-state index is 0.199. The van der Waals surface area contributed by atoms with Crippen LogP contribution < -0.4 is 5.32 Å². The van der Waals surface area contributed by atoms with E-state index in [9.17, 15) is 0 Å². The summed E-state index contributed by atoms with van der Waals surface area (Å²) in [5, 5.41) is 7.42. The lowest BCUT2D eigenvalue weighted by molar-refractivity contribution is 0.652. The first-order valence-corrected chi connectivity index (χ1v) is 13.3. The van der Waals surface area contributed by atoms with Crippen molar-refractivity contribution in [2.24, 2.45) is 0 Å². The van der Waals surface area contributed by atoms with Crippen molar-refractivity contribution < 1.29 is 0 Å². The number of allylic oxidation sites excluding steroid dienone is 2. The van der Waals surface area contributed by atoms with Crippen molar-refractivity contribution >= 4 is 38.9 Å². The van der Waals surface area contributed by atoms with Gasteiger partial charge < -0.3 is 5.32 Å². The van der Waals surface area contributed by atoms with Gasteiger partial charge in [0, 0.05) is 52.6 Å². The van der Waals surface area contributed by atoms with Crippen LogP contribution in [-0.2, 0) is 0 Å². The third-order valence-electron chi connectivity index (χ3n) is 7.74. The summed E-state index contributed by atoms with van der Waals surface area (Å²) in [4.78, 5) is 8.61. The fraction of sp³-hybridized carbons (Fsp3) is 0.118. The molecule has 4 aromatic heterocycles. The third kappa shape index (κ3) is 3.53. The predicted octanol–water partition coefficient (Wildman–Crippen LogP) is 7.12. The van der Waals surface area contributed by atoms with Gasteiger partial charge in [0.15, 0.2) is 0 Å². The molecule has 0 radical (unpaired) electrons. The van der Waals surface area contributed by atoms with Crippen LogP contribution in [0.1, 0.15) is 35.6 Å². The van der Waals surface area contributed by atoms with Crippen molar-refractivity contribution in [1.82, 2.24) is 24.4 Å². The van der Waals surface area contributed by atoms with Crippen molar-refractivity contribution in [1.29, 1.82) is 0 Å². The van der Waals surface area contributed by atoms with Gasteiger partial charge in [0.1, 0.15) is 5.65 Å². The Balaban J connectivity index is 1.79. The number of rotatable bonds is 5. The molecule has 5 heteroatoms. The topological polar surface area (TPSA) is 47.7 Å². The van der Waals surface area contributed by atoms with Crippen LogP contribution in [0.25, 0.3) is 50.3 Å². The van der Waals surface area contributed by atoms with Gasteiger partial charge in [-0.25, -0.2) is 0 Å². The highest BCUT2D eigenvalue weighted by Gasteiger charge is 2.29. The van der Waals surface area contributed by atoms with Gasteiger partial charge >= 0.3 is 0 Å². The van der Waals surface area contributed by atoms with Crippen LogP contribution in [0.2, 0.25) is 0 Å². The Morgan fingerprint density at radius 3 is 2.26 bits per heavy atom. The van der Waals surface area contributed by atoms with Gasteiger partial charge in [-0.05, 0) is 66.9 Å². The number of nitrogens with zero attached hydrogens (tertiary/aromatic N) is 4. The van der Waals surface area contributed by atoms with E-state index in [1.54, 1.807) is 0 Å². The molecule has 5 heterocycles. The molecule has 1 N–H and O–H groups in total. The lowest BCUT2D eigenvalue weighted by atomic mass is 9.89. The molecule has 1 saturated heterocycles. The molecule has 39 heavy (non-hydrogen) atoms. The van der Waals surface area contributed by atoms with Gasteiger partial charge in [0.05, 0.1) is 22.4 Å². The van der Waals surface area contributed by atoms with Crippen molar-refractivity contribution in [3.8, 4) is 23.7 Å². The van der Waals surface area contributed by atoms with Crippen LogP contribution in [-0.4, -0.2) is 25.6 Å². The van der Waals surface area contributed by atoms with E-state index in [4.69, 9.17) is 6.42 Å². The van der Waals surface area contributed by atoms with E-state index in [1.165, 1.54) is 21.7 Å². The summed E-state index contributed by atoms with van der Waals surface area (Å²) in [6, 6.07) is 19.3. The monoisotopic (exact) mass is 505 g/mol. The molecular weight excluding hydrogens is 478 g/mol. The number of aromatic nitrogens is 4. The van der Waals surface area contributed by atoms with Crippen LogP contribution in [0.15, 0.2) is 98.1 Å². The lowest BCUT2D eigenvalue weighted by Gasteiger charge is -2.19. The fourth-order valence-corrected chi connectivity index (χ4v) is 6.21. The molecule has 2 aromatic carbocycles. The maximum Gasteiger partial charge on any atom is 0.131 e. The van der Waals surface area contributed by atoms with Crippen LogP contribution in [0.3, 0.4) is 0 Å². The molecular formula is C34H27N5. The molecule has 5 nitrogen and oxygen atoms in total. The van der Waals surface area contributed by atoms with E-state index in [-0.39, 0.29) is 6.04 Å². The second-order valence-electron chi connectivity index (χ2n) is 9.83. The first-order chi connectivity index (χ1) is 19.3. The first-order valence-electron chi connectivity index (χ1n) is 13.3. The van der Waals surface area contributed by atoms with Crippen LogP contribution >= 0.6 is 0 Å². The summed E-state index contributed by atoms with van der Waals surface area (Å²) >= 11 is 0. The minimum Gasteiger partial charge on any atom is -0.310 e.